The molecule has 3 rings (SSSR count). The molecule has 4 atom stereocenters. The predicted octanol–water partition coefficient (Wildman–Crippen LogP) is 2.11. The Labute approximate surface area is 129 Å². The number of hydrogen-bond donors (Lipinski definition) is 2. The summed E-state index contributed by atoms with van der Waals surface area (Å²) in [5.41, 5.74) is 0.713. The van der Waals surface area contributed by atoms with Gasteiger partial charge in [-0.15, -0.1) is 0 Å². The van der Waals surface area contributed by atoms with Crippen molar-refractivity contribution in [1.29, 1.82) is 0 Å². The van der Waals surface area contributed by atoms with Crippen molar-refractivity contribution >= 4 is 40.2 Å². The van der Waals surface area contributed by atoms with Crippen molar-refractivity contribution in [3.8, 4) is 0 Å². The summed E-state index contributed by atoms with van der Waals surface area (Å²) in [6, 6.07) is 7.42. The third-order valence-corrected chi connectivity index (χ3v) is 4.93. The van der Waals surface area contributed by atoms with Crippen molar-refractivity contribution in [2.75, 3.05) is 5.32 Å². The number of aliphatic carboxylic acids is 1. The minimum Gasteiger partial charge on any atom is -0.481 e. The van der Waals surface area contributed by atoms with Crippen molar-refractivity contribution < 1.29 is 19.4 Å². The maximum Gasteiger partial charge on any atom is 0.310 e. The molecule has 2 bridgehead atoms. The van der Waals surface area contributed by atoms with Gasteiger partial charge in [-0.2, -0.15) is 0 Å². The first-order valence-electron chi connectivity index (χ1n) is 6.51. The van der Waals surface area contributed by atoms with E-state index in [1.54, 1.807) is 0 Å². The van der Waals surface area contributed by atoms with E-state index in [4.69, 9.17) is 4.74 Å². The van der Waals surface area contributed by atoms with Crippen LogP contribution >= 0.6 is 22.6 Å². The van der Waals surface area contributed by atoms with Gasteiger partial charge in [0.25, 0.3) is 0 Å². The zero-order valence-corrected chi connectivity index (χ0v) is 12.7. The summed E-state index contributed by atoms with van der Waals surface area (Å²) >= 11 is 2.14. The Morgan fingerprint density at radius 1 is 1.20 bits per heavy atom. The predicted molar refractivity (Wildman–Crippen MR) is 80.3 cm³/mol. The van der Waals surface area contributed by atoms with Crippen LogP contribution in [-0.4, -0.2) is 29.2 Å². The number of hydrogen-bond acceptors (Lipinski definition) is 3. The van der Waals surface area contributed by atoms with Gasteiger partial charge in [0, 0.05) is 3.57 Å². The molecule has 0 saturated carbocycles. The zero-order chi connectivity index (χ0) is 14.3. The Morgan fingerprint density at radius 2 is 1.85 bits per heavy atom. The van der Waals surface area contributed by atoms with Gasteiger partial charge in [0.15, 0.2) is 0 Å². The summed E-state index contributed by atoms with van der Waals surface area (Å²) in [5.74, 6) is -2.52. The Kier molecular flexibility index (Phi) is 3.68. The Hall–Kier alpha value is -1.15. The van der Waals surface area contributed by atoms with Gasteiger partial charge in [-0.1, -0.05) is 12.1 Å². The summed E-state index contributed by atoms with van der Waals surface area (Å²) in [6.45, 7) is 0. The molecule has 2 heterocycles. The van der Waals surface area contributed by atoms with E-state index in [0.717, 1.165) is 16.4 Å². The topological polar surface area (TPSA) is 75.6 Å². The number of carboxylic acid groups (broad SMARTS) is 1. The van der Waals surface area contributed by atoms with Crippen LogP contribution in [-0.2, 0) is 14.3 Å². The fraction of sp³-hybridized carbons (Fsp3) is 0.429. The quantitative estimate of drug-likeness (QED) is 0.780. The van der Waals surface area contributed by atoms with Crippen LogP contribution in [0.3, 0.4) is 0 Å². The number of fused-ring (bicyclic) bond motifs is 2. The average molecular weight is 387 g/mol. The fourth-order valence-electron chi connectivity index (χ4n) is 3.10. The molecular formula is C14H14INO4. The van der Waals surface area contributed by atoms with E-state index in [2.05, 4.69) is 27.9 Å². The maximum atomic E-state index is 12.4. The number of benzene rings is 1. The molecule has 2 N–H and O–H groups in total. The summed E-state index contributed by atoms with van der Waals surface area (Å²) < 4.78 is 6.53. The van der Waals surface area contributed by atoms with Crippen LogP contribution in [0.4, 0.5) is 5.69 Å². The molecule has 0 spiro atoms. The molecule has 20 heavy (non-hydrogen) atoms. The first-order valence-corrected chi connectivity index (χ1v) is 7.59. The highest BCUT2D eigenvalue weighted by Crippen LogP contribution is 2.44. The van der Waals surface area contributed by atoms with Gasteiger partial charge in [0.05, 0.1) is 29.7 Å². The van der Waals surface area contributed by atoms with Crippen molar-refractivity contribution in [2.24, 2.45) is 11.8 Å². The normalized spacial score (nSPS) is 31.2. The number of para-hydroxylation sites is 1. The first kappa shape index (κ1) is 13.8. The third kappa shape index (κ3) is 2.31. The second kappa shape index (κ2) is 5.33. The van der Waals surface area contributed by atoms with Gasteiger partial charge in [-0.3, -0.25) is 9.59 Å². The number of anilines is 1. The Balaban J connectivity index is 1.80. The summed E-state index contributed by atoms with van der Waals surface area (Å²) in [5, 5.41) is 12.1. The van der Waals surface area contributed by atoms with E-state index in [1.165, 1.54) is 0 Å². The fourth-order valence-corrected chi connectivity index (χ4v) is 3.63. The molecule has 1 aromatic carbocycles. The molecule has 2 saturated heterocycles. The summed E-state index contributed by atoms with van der Waals surface area (Å²) in [7, 11) is 0. The molecule has 6 heteroatoms. The maximum absolute atomic E-state index is 12.4. The first-order chi connectivity index (χ1) is 9.58. The van der Waals surface area contributed by atoms with Crippen molar-refractivity contribution in [3.63, 3.8) is 0 Å². The van der Waals surface area contributed by atoms with Crippen LogP contribution in [0.25, 0.3) is 0 Å². The van der Waals surface area contributed by atoms with E-state index in [1.807, 2.05) is 24.3 Å². The second-order valence-corrected chi connectivity index (χ2v) is 6.31. The lowest BCUT2D eigenvalue weighted by molar-refractivity contribution is -0.147. The van der Waals surface area contributed by atoms with Gasteiger partial charge in [-0.25, -0.2) is 0 Å². The van der Waals surface area contributed by atoms with Gasteiger partial charge < -0.3 is 15.2 Å². The molecule has 106 valence electrons. The minimum atomic E-state index is -0.944. The van der Waals surface area contributed by atoms with Crippen molar-refractivity contribution in [2.45, 2.75) is 25.0 Å². The SMILES string of the molecule is O=C(O)[C@H]1[C@H](C(=O)Nc2ccccc2I)[C@H]2CC[C@H]1O2. The number of ether oxygens (including phenoxy) is 1. The van der Waals surface area contributed by atoms with Crippen LogP contribution in [0, 0.1) is 15.4 Å². The standard InChI is InChI=1S/C14H14INO4/c15-7-3-1-2-4-8(7)16-13(17)11-9-5-6-10(20-9)12(11)14(18)19/h1-4,9-12H,5-6H2,(H,16,17)(H,18,19)/t9-,10-,11-,12-/m1/s1. The highest BCUT2D eigenvalue weighted by molar-refractivity contribution is 14.1. The highest BCUT2D eigenvalue weighted by Gasteiger charge is 2.55. The lowest BCUT2D eigenvalue weighted by Crippen LogP contribution is -2.41. The van der Waals surface area contributed by atoms with E-state index < -0.39 is 17.8 Å². The number of rotatable bonds is 3. The molecule has 1 amide bonds. The summed E-state index contributed by atoms with van der Waals surface area (Å²) in [4.78, 5) is 23.8. The van der Waals surface area contributed by atoms with E-state index in [0.29, 0.717) is 5.69 Å². The van der Waals surface area contributed by atoms with Crippen LogP contribution in [0.15, 0.2) is 24.3 Å². The van der Waals surface area contributed by atoms with E-state index >= 15 is 0 Å². The molecular weight excluding hydrogens is 373 g/mol. The number of amides is 1. The van der Waals surface area contributed by atoms with Crippen molar-refractivity contribution in [3.05, 3.63) is 27.8 Å². The Bertz CT molecular complexity index is 562. The molecule has 2 fully saturated rings. The van der Waals surface area contributed by atoms with Gasteiger partial charge in [0.2, 0.25) is 5.91 Å². The second-order valence-electron chi connectivity index (χ2n) is 5.15. The minimum absolute atomic E-state index is 0.256. The molecule has 0 unspecified atom stereocenters. The lowest BCUT2D eigenvalue weighted by atomic mass is 9.78. The average Bonchev–Trinajstić information content (AvgIpc) is 3.01. The number of carbonyl (C=O) groups is 2. The molecule has 0 radical (unpaired) electrons. The number of carboxylic acids is 1. The monoisotopic (exact) mass is 387 g/mol. The number of halogens is 1. The molecule has 1 aromatic rings. The number of nitrogens with one attached hydrogen (secondary N) is 1. The smallest absolute Gasteiger partial charge is 0.310 e. The molecule has 5 nitrogen and oxygen atoms in total. The van der Waals surface area contributed by atoms with Crippen LogP contribution in [0.5, 0.6) is 0 Å². The largest absolute Gasteiger partial charge is 0.481 e. The zero-order valence-electron chi connectivity index (χ0n) is 10.6. The lowest BCUT2D eigenvalue weighted by Gasteiger charge is -2.24. The molecule has 2 aliphatic rings. The van der Waals surface area contributed by atoms with E-state index in [9.17, 15) is 14.7 Å². The third-order valence-electron chi connectivity index (χ3n) is 3.99. The van der Waals surface area contributed by atoms with Gasteiger partial charge >= 0.3 is 5.97 Å². The summed E-state index contributed by atoms with van der Waals surface area (Å²) in [6.07, 6.45) is 0.915. The van der Waals surface area contributed by atoms with Crippen LogP contribution < -0.4 is 5.32 Å². The van der Waals surface area contributed by atoms with Gasteiger partial charge in [0.1, 0.15) is 0 Å². The van der Waals surface area contributed by atoms with Gasteiger partial charge in [-0.05, 0) is 47.6 Å². The molecule has 2 aliphatic heterocycles. The molecule has 0 aromatic heterocycles. The van der Waals surface area contributed by atoms with Crippen LogP contribution in [0.1, 0.15) is 12.8 Å². The van der Waals surface area contributed by atoms with Crippen molar-refractivity contribution in [1.82, 2.24) is 0 Å². The highest BCUT2D eigenvalue weighted by atomic mass is 127. The van der Waals surface area contributed by atoms with Crippen LogP contribution in [0.2, 0.25) is 0 Å². The van der Waals surface area contributed by atoms with E-state index in [-0.39, 0.29) is 18.1 Å². The molecule has 0 aliphatic carbocycles. The Morgan fingerprint density at radius 3 is 2.50 bits per heavy atom. The number of carbonyl (C=O) groups excluding carboxylic acids is 1.